The molecule has 100 valence electrons. The first-order chi connectivity index (χ1) is 9.08. The molecule has 0 aliphatic carbocycles. The molecule has 0 amide bonds. The van der Waals surface area contributed by atoms with Gasteiger partial charge in [0.1, 0.15) is 5.03 Å². The number of aromatic amines is 1. The van der Waals surface area contributed by atoms with Gasteiger partial charge in [-0.15, -0.1) is 0 Å². The number of hydrogen-bond acceptors (Lipinski definition) is 4. The maximum absolute atomic E-state index is 11.6. The quantitative estimate of drug-likeness (QED) is 0.868. The van der Waals surface area contributed by atoms with Gasteiger partial charge in [-0.25, -0.2) is 9.97 Å². The van der Waals surface area contributed by atoms with Gasteiger partial charge in [0, 0.05) is 22.4 Å². The third-order valence-electron chi connectivity index (χ3n) is 2.47. The summed E-state index contributed by atoms with van der Waals surface area (Å²) >= 11 is 4.76. The zero-order valence-corrected chi connectivity index (χ0v) is 13.1. The number of pyridine rings is 1. The highest BCUT2D eigenvalue weighted by Gasteiger charge is 2.07. The number of nitrogens with zero attached hydrogens (tertiary/aromatic N) is 2. The van der Waals surface area contributed by atoms with Crippen LogP contribution in [0.2, 0.25) is 0 Å². The van der Waals surface area contributed by atoms with Gasteiger partial charge in [0.25, 0.3) is 5.56 Å². The van der Waals surface area contributed by atoms with Crippen LogP contribution in [0.3, 0.4) is 0 Å². The fraction of sp³-hybridized carbons (Fsp3) is 0.308. The molecule has 0 atom stereocenters. The Morgan fingerprint density at radius 3 is 2.89 bits per heavy atom. The molecule has 0 radical (unpaired) electrons. The molecular weight excluding hydrogens is 326 g/mol. The van der Waals surface area contributed by atoms with Gasteiger partial charge in [-0.05, 0) is 52.7 Å². The van der Waals surface area contributed by atoms with E-state index in [0.29, 0.717) is 5.16 Å². The van der Waals surface area contributed by atoms with Crippen molar-refractivity contribution in [3.63, 3.8) is 0 Å². The third kappa shape index (κ3) is 3.91. The summed E-state index contributed by atoms with van der Waals surface area (Å²) in [7, 11) is 0. The van der Waals surface area contributed by atoms with E-state index in [9.17, 15) is 4.79 Å². The molecule has 2 rings (SSSR count). The average Bonchev–Trinajstić information content (AvgIpc) is 2.32. The van der Waals surface area contributed by atoms with Crippen LogP contribution in [-0.2, 0) is 6.42 Å². The van der Waals surface area contributed by atoms with E-state index in [0.717, 1.165) is 33.6 Å². The smallest absolute Gasteiger partial charge is 0.251 e. The molecule has 0 saturated heterocycles. The van der Waals surface area contributed by atoms with Crippen molar-refractivity contribution in [2.75, 3.05) is 0 Å². The third-order valence-corrected chi connectivity index (χ3v) is 3.91. The predicted molar refractivity (Wildman–Crippen MR) is 79.6 cm³/mol. The van der Waals surface area contributed by atoms with E-state index >= 15 is 0 Å². The minimum atomic E-state index is -0.115. The summed E-state index contributed by atoms with van der Waals surface area (Å²) in [5.41, 5.74) is 1.75. The zero-order valence-electron chi connectivity index (χ0n) is 10.7. The van der Waals surface area contributed by atoms with Crippen LogP contribution in [0.15, 0.2) is 37.8 Å². The van der Waals surface area contributed by atoms with Crippen molar-refractivity contribution >= 4 is 27.7 Å². The SMILES string of the molecule is CCCc1cc(=O)[nH]c(Sc2ncc(Br)cc2C)n1. The van der Waals surface area contributed by atoms with Crippen LogP contribution in [0.1, 0.15) is 24.6 Å². The monoisotopic (exact) mass is 339 g/mol. The molecule has 1 N–H and O–H groups in total. The number of hydrogen-bond donors (Lipinski definition) is 1. The summed E-state index contributed by atoms with van der Waals surface area (Å²) in [5.74, 6) is 0. The maximum Gasteiger partial charge on any atom is 0.251 e. The van der Waals surface area contributed by atoms with Crippen molar-refractivity contribution in [2.45, 2.75) is 36.9 Å². The summed E-state index contributed by atoms with van der Waals surface area (Å²) in [6.07, 6.45) is 3.52. The van der Waals surface area contributed by atoms with Crippen molar-refractivity contribution in [2.24, 2.45) is 0 Å². The van der Waals surface area contributed by atoms with Crippen molar-refractivity contribution in [3.05, 3.63) is 44.4 Å². The van der Waals surface area contributed by atoms with Crippen LogP contribution in [0.5, 0.6) is 0 Å². The lowest BCUT2D eigenvalue weighted by Gasteiger charge is -2.05. The van der Waals surface area contributed by atoms with Gasteiger partial charge >= 0.3 is 0 Å². The zero-order chi connectivity index (χ0) is 13.8. The summed E-state index contributed by atoms with van der Waals surface area (Å²) in [4.78, 5) is 23.1. The van der Waals surface area contributed by atoms with Crippen LogP contribution < -0.4 is 5.56 Å². The van der Waals surface area contributed by atoms with Gasteiger partial charge in [0.15, 0.2) is 5.16 Å². The largest absolute Gasteiger partial charge is 0.301 e. The molecule has 0 fully saturated rings. The molecule has 2 aromatic rings. The van der Waals surface area contributed by atoms with Crippen LogP contribution in [-0.4, -0.2) is 15.0 Å². The minimum absolute atomic E-state index is 0.115. The number of H-pyrrole nitrogens is 1. The van der Waals surface area contributed by atoms with Gasteiger partial charge in [-0.3, -0.25) is 4.79 Å². The topological polar surface area (TPSA) is 58.6 Å². The molecule has 0 unspecified atom stereocenters. The number of aromatic nitrogens is 3. The summed E-state index contributed by atoms with van der Waals surface area (Å²) in [5, 5.41) is 1.44. The van der Waals surface area contributed by atoms with E-state index in [2.05, 4.69) is 37.8 Å². The van der Waals surface area contributed by atoms with Crippen LogP contribution in [0, 0.1) is 6.92 Å². The van der Waals surface area contributed by atoms with E-state index in [1.54, 1.807) is 12.3 Å². The Kier molecular flexibility index (Phi) is 4.76. The van der Waals surface area contributed by atoms with Gasteiger partial charge in [0.2, 0.25) is 0 Å². The van der Waals surface area contributed by atoms with E-state index in [-0.39, 0.29) is 5.56 Å². The number of halogens is 1. The van der Waals surface area contributed by atoms with E-state index < -0.39 is 0 Å². The number of nitrogens with one attached hydrogen (secondary N) is 1. The highest BCUT2D eigenvalue weighted by Crippen LogP contribution is 2.26. The lowest BCUT2D eigenvalue weighted by atomic mass is 10.2. The minimum Gasteiger partial charge on any atom is -0.301 e. The fourth-order valence-corrected chi connectivity index (χ4v) is 2.91. The molecule has 4 nitrogen and oxygen atoms in total. The molecule has 2 aromatic heterocycles. The highest BCUT2D eigenvalue weighted by atomic mass is 79.9. The average molecular weight is 340 g/mol. The molecule has 0 aliphatic rings. The van der Waals surface area contributed by atoms with E-state index in [1.165, 1.54) is 11.8 Å². The first-order valence-corrected chi connectivity index (χ1v) is 7.59. The second kappa shape index (κ2) is 6.34. The van der Waals surface area contributed by atoms with Crippen molar-refractivity contribution < 1.29 is 0 Å². The van der Waals surface area contributed by atoms with Gasteiger partial charge in [0.05, 0.1) is 0 Å². The first kappa shape index (κ1) is 14.3. The molecule has 0 aliphatic heterocycles. The lowest BCUT2D eigenvalue weighted by molar-refractivity contribution is 0.814. The Morgan fingerprint density at radius 2 is 2.21 bits per heavy atom. The Labute approximate surface area is 124 Å². The lowest BCUT2D eigenvalue weighted by Crippen LogP contribution is -2.10. The summed E-state index contributed by atoms with van der Waals surface area (Å²) < 4.78 is 0.940. The molecule has 6 heteroatoms. The Bertz CT molecular complexity index is 642. The Balaban J connectivity index is 2.30. The molecule has 0 bridgehead atoms. The van der Waals surface area contributed by atoms with Crippen LogP contribution in [0.25, 0.3) is 0 Å². The second-order valence-corrected chi connectivity index (χ2v) is 6.06. The van der Waals surface area contributed by atoms with Gasteiger partial charge in [-0.1, -0.05) is 13.3 Å². The molecule has 0 aromatic carbocycles. The second-order valence-electron chi connectivity index (χ2n) is 4.17. The van der Waals surface area contributed by atoms with Crippen molar-refractivity contribution in [1.82, 2.24) is 15.0 Å². The molecule has 2 heterocycles. The standard InChI is InChI=1S/C13H14BrN3OS/c1-3-4-10-6-11(18)17-13(16-10)19-12-8(2)5-9(14)7-15-12/h5-7H,3-4H2,1-2H3,(H,16,17,18). The molecule has 0 spiro atoms. The van der Waals surface area contributed by atoms with Crippen LogP contribution >= 0.6 is 27.7 Å². The fourth-order valence-electron chi connectivity index (χ4n) is 1.64. The first-order valence-electron chi connectivity index (χ1n) is 5.98. The number of aryl methyl sites for hydroxylation is 2. The molecular formula is C13H14BrN3OS. The van der Waals surface area contributed by atoms with E-state index in [4.69, 9.17) is 0 Å². The van der Waals surface area contributed by atoms with Gasteiger partial charge in [-0.2, -0.15) is 0 Å². The van der Waals surface area contributed by atoms with Crippen molar-refractivity contribution in [3.8, 4) is 0 Å². The number of rotatable bonds is 4. The predicted octanol–water partition coefficient (Wildman–Crippen LogP) is 3.34. The summed E-state index contributed by atoms with van der Waals surface area (Å²) in [6, 6.07) is 3.54. The summed E-state index contributed by atoms with van der Waals surface area (Å²) in [6.45, 7) is 4.05. The molecule has 0 saturated carbocycles. The van der Waals surface area contributed by atoms with Gasteiger partial charge < -0.3 is 4.98 Å². The Hall–Kier alpha value is -1.14. The molecule has 19 heavy (non-hydrogen) atoms. The maximum atomic E-state index is 11.6. The van der Waals surface area contributed by atoms with Crippen LogP contribution in [0.4, 0.5) is 0 Å². The highest BCUT2D eigenvalue weighted by molar-refractivity contribution is 9.10. The van der Waals surface area contributed by atoms with Crippen molar-refractivity contribution in [1.29, 1.82) is 0 Å². The normalized spacial score (nSPS) is 10.7. The Morgan fingerprint density at radius 1 is 1.42 bits per heavy atom. The van der Waals surface area contributed by atoms with E-state index in [1.807, 2.05) is 13.0 Å².